The average Bonchev–Trinajstić information content (AvgIpc) is 3.11. The van der Waals surface area contributed by atoms with E-state index in [1.54, 1.807) is 22.6 Å². The fourth-order valence-electron chi connectivity index (χ4n) is 3.44. The van der Waals surface area contributed by atoms with Gasteiger partial charge in [-0.15, -0.1) is 0 Å². The average molecular weight is 464 g/mol. The zero-order valence-electron chi connectivity index (χ0n) is 18.3. The molecule has 2 amide bonds. The van der Waals surface area contributed by atoms with Gasteiger partial charge in [0.05, 0.1) is 17.3 Å². The molecule has 0 bridgehead atoms. The largest absolute Gasteiger partial charge is 0.451 e. The number of hydrogen-bond donors (Lipinski definition) is 1. The first kappa shape index (κ1) is 23.5. The number of carbonyl (C=O) groups excluding carboxylic acids is 3. The molecule has 1 fully saturated rings. The van der Waals surface area contributed by atoms with Crippen LogP contribution < -0.4 is 5.32 Å². The number of aryl methyl sites for hydroxylation is 2. The summed E-state index contributed by atoms with van der Waals surface area (Å²) in [4.78, 5) is 42.3. The van der Waals surface area contributed by atoms with Gasteiger partial charge in [0.25, 0.3) is 5.91 Å². The number of amides is 2. The molecule has 172 valence electrons. The minimum atomic E-state index is -0.800. The molecule has 1 aliphatic heterocycles. The van der Waals surface area contributed by atoms with E-state index in [9.17, 15) is 14.4 Å². The molecule has 0 radical (unpaired) electrons. The van der Waals surface area contributed by atoms with Crippen molar-refractivity contribution in [3.8, 4) is 5.82 Å². The van der Waals surface area contributed by atoms with E-state index in [4.69, 9.17) is 21.1 Å². The molecule has 11 heteroatoms. The molecular weight excluding hydrogens is 438 g/mol. The normalized spacial score (nSPS) is 14.2. The van der Waals surface area contributed by atoms with Crippen molar-refractivity contribution in [3.05, 3.63) is 40.3 Å². The lowest BCUT2D eigenvalue weighted by Gasteiger charge is -2.31. The summed E-state index contributed by atoms with van der Waals surface area (Å²) in [5, 5.41) is 7.27. The van der Waals surface area contributed by atoms with Crippen molar-refractivity contribution >= 4 is 29.6 Å². The summed E-state index contributed by atoms with van der Waals surface area (Å²) in [6.07, 6.45) is 0.839. The summed E-state index contributed by atoms with van der Waals surface area (Å²) in [5.74, 6) is -0.811. The van der Waals surface area contributed by atoms with E-state index in [-0.39, 0.29) is 22.9 Å². The van der Waals surface area contributed by atoms with Crippen LogP contribution in [0.2, 0.25) is 5.02 Å². The molecule has 0 aromatic carbocycles. The Hall–Kier alpha value is -3.14. The minimum absolute atomic E-state index is 0.0905. The maximum atomic E-state index is 12.5. The summed E-state index contributed by atoms with van der Waals surface area (Å²) in [6.45, 7) is 6.32. The maximum absolute atomic E-state index is 12.5. The van der Waals surface area contributed by atoms with Gasteiger partial charge in [0.1, 0.15) is 0 Å². The van der Waals surface area contributed by atoms with Crippen LogP contribution in [0, 0.1) is 13.8 Å². The molecule has 1 N–H and O–H groups in total. The summed E-state index contributed by atoms with van der Waals surface area (Å²) in [6, 6.07) is 4.96. The third-order valence-electron chi connectivity index (χ3n) is 4.97. The quantitative estimate of drug-likeness (QED) is 0.654. The van der Waals surface area contributed by atoms with Crippen molar-refractivity contribution in [2.45, 2.75) is 39.7 Å². The molecule has 32 heavy (non-hydrogen) atoms. The number of nitrogens with zero attached hydrogens (tertiary/aromatic N) is 4. The van der Waals surface area contributed by atoms with Crippen molar-refractivity contribution in [3.63, 3.8) is 0 Å². The van der Waals surface area contributed by atoms with Crippen molar-refractivity contribution in [2.24, 2.45) is 0 Å². The lowest BCUT2D eigenvalue weighted by molar-refractivity contribution is -0.125. The number of nitrogens with one attached hydrogen (secondary N) is 1. The van der Waals surface area contributed by atoms with Gasteiger partial charge in [0.15, 0.2) is 18.1 Å². The highest BCUT2D eigenvalue weighted by molar-refractivity contribution is 6.33. The number of likely N-dealkylation sites (tertiary alicyclic amines) is 1. The SMILES string of the molecule is CCOC(=O)N1CCC(NC(=O)COC(=O)c2nc(-n3nc(C)cc3C)ccc2Cl)CC1. The monoisotopic (exact) mass is 463 g/mol. The standard InChI is InChI=1S/C21H26ClN5O5/c1-4-31-21(30)26-9-7-15(8-10-26)23-18(28)12-32-20(29)19-16(22)5-6-17(24-19)27-14(3)11-13(2)25-27/h5-6,11,15H,4,7-10,12H2,1-3H3,(H,23,28). The second-order valence-corrected chi connectivity index (χ2v) is 7.85. The second kappa shape index (κ2) is 10.4. The number of esters is 1. The Bertz CT molecular complexity index is 1000. The Morgan fingerprint density at radius 2 is 1.91 bits per heavy atom. The number of piperidine rings is 1. The van der Waals surface area contributed by atoms with Crippen molar-refractivity contribution in [2.75, 3.05) is 26.3 Å². The molecule has 1 saturated heterocycles. The summed E-state index contributed by atoms with van der Waals surface area (Å²) < 4.78 is 11.7. The van der Waals surface area contributed by atoms with Gasteiger partial charge in [-0.2, -0.15) is 5.10 Å². The summed E-state index contributed by atoms with van der Waals surface area (Å²) in [7, 11) is 0. The fourth-order valence-corrected chi connectivity index (χ4v) is 3.63. The van der Waals surface area contributed by atoms with Gasteiger partial charge >= 0.3 is 12.1 Å². The third-order valence-corrected chi connectivity index (χ3v) is 5.28. The van der Waals surface area contributed by atoms with Gasteiger partial charge in [-0.25, -0.2) is 19.3 Å². The molecular formula is C21H26ClN5O5. The topological polar surface area (TPSA) is 116 Å². The van der Waals surface area contributed by atoms with Crippen LogP contribution >= 0.6 is 11.6 Å². The number of rotatable bonds is 6. The van der Waals surface area contributed by atoms with Crippen LogP contribution in [0.1, 0.15) is 41.6 Å². The van der Waals surface area contributed by atoms with E-state index >= 15 is 0 Å². The van der Waals surface area contributed by atoms with Gasteiger partial charge < -0.3 is 19.7 Å². The van der Waals surface area contributed by atoms with E-state index in [1.807, 2.05) is 19.9 Å². The number of aromatic nitrogens is 3. The molecule has 0 aliphatic carbocycles. The molecule has 2 aromatic heterocycles. The minimum Gasteiger partial charge on any atom is -0.451 e. The van der Waals surface area contributed by atoms with Gasteiger partial charge in [-0.1, -0.05) is 11.6 Å². The number of halogens is 1. The maximum Gasteiger partial charge on any atom is 0.409 e. The van der Waals surface area contributed by atoms with E-state index in [0.717, 1.165) is 11.4 Å². The fraction of sp³-hybridized carbons (Fsp3) is 0.476. The number of carbonyl (C=O) groups is 3. The van der Waals surface area contributed by atoms with Crippen LogP contribution in [0.25, 0.3) is 5.82 Å². The first-order valence-corrected chi connectivity index (χ1v) is 10.7. The van der Waals surface area contributed by atoms with Crippen molar-refractivity contribution < 1.29 is 23.9 Å². The van der Waals surface area contributed by atoms with E-state index < -0.39 is 18.5 Å². The molecule has 0 unspecified atom stereocenters. The molecule has 0 atom stereocenters. The predicted molar refractivity (Wildman–Crippen MR) is 116 cm³/mol. The molecule has 0 spiro atoms. The van der Waals surface area contributed by atoms with Crippen molar-refractivity contribution in [1.29, 1.82) is 0 Å². The molecule has 3 rings (SSSR count). The first-order valence-electron chi connectivity index (χ1n) is 10.4. The van der Waals surface area contributed by atoms with E-state index in [0.29, 0.717) is 38.4 Å². The molecule has 1 aliphatic rings. The van der Waals surface area contributed by atoms with E-state index in [1.165, 1.54) is 6.07 Å². The Balaban J connectivity index is 1.52. The first-order chi connectivity index (χ1) is 15.3. The van der Waals surface area contributed by atoms with Crippen LogP contribution in [0.4, 0.5) is 4.79 Å². The molecule has 10 nitrogen and oxygen atoms in total. The summed E-state index contributed by atoms with van der Waals surface area (Å²) >= 11 is 6.12. The van der Waals surface area contributed by atoms with Crippen LogP contribution in [-0.4, -0.2) is 70.0 Å². The van der Waals surface area contributed by atoms with Crippen LogP contribution in [0.3, 0.4) is 0 Å². The highest BCUT2D eigenvalue weighted by atomic mass is 35.5. The van der Waals surface area contributed by atoms with Gasteiger partial charge in [-0.3, -0.25) is 4.79 Å². The number of ether oxygens (including phenoxy) is 2. The van der Waals surface area contributed by atoms with E-state index in [2.05, 4.69) is 15.4 Å². The smallest absolute Gasteiger partial charge is 0.409 e. The van der Waals surface area contributed by atoms with Crippen molar-refractivity contribution in [1.82, 2.24) is 25.0 Å². The predicted octanol–water partition coefficient (Wildman–Crippen LogP) is 2.43. The number of hydrogen-bond acceptors (Lipinski definition) is 7. The van der Waals surface area contributed by atoms with Gasteiger partial charge in [0, 0.05) is 24.8 Å². The Morgan fingerprint density at radius 1 is 1.19 bits per heavy atom. The number of pyridine rings is 1. The Labute approximate surface area is 190 Å². The zero-order valence-corrected chi connectivity index (χ0v) is 19.0. The Morgan fingerprint density at radius 3 is 2.53 bits per heavy atom. The highest BCUT2D eigenvalue weighted by Crippen LogP contribution is 2.19. The lowest BCUT2D eigenvalue weighted by atomic mass is 10.1. The molecule has 2 aromatic rings. The van der Waals surface area contributed by atoms with Gasteiger partial charge in [-0.05, 0) is 51.8 Å². The van der Waals surface area contributed by atoms with Crippen LogP contribution in [-0.2, 0) is 14.3 Å². The highest BCUT2D eigenvalue weighted by Gasteiger charge is 2.25. The Kier molecular flexibility index (Phi) is 7.68. The van der Waals surface area contributed by atoms with Crippen LogP contribution in [0.15, 0.2) is 18.2 Å². The third kappa shape index (κ3) is 5.76. The lowest BCUT2D eigenvalue weighted by Crippen LogP contribution is -2.47. The zero-order chi connectivity index (χ0) is 23.3. The second-order valence-electron chi connectivity index (χ2n) is 7.44. The molecule has 3 heterocycles. The summed E-state index contributed by atoms with van der Waals surface area (Å²) in [5.41, 5.74) is 1.57. The van der Waals surface area contributed by atoms with Crippen LogP contribution in [0.5, 0.6) is 0 Å². The van der Waals surface area contributed by atoms with Gasteiger partial charge in [0.2, 0.25) is 0 Å². The molecule has 0 saturated carbocycles.